The van der Waals surface area contributed by atoms with Gasteiger partial charge in [-0.05, 0) is 19.8 Å². The number of hydrogen-bond donors (Lipinski definition) is 1. The van der Waals surface area contributed by atoms with Crippen LogP contribution in [0.3, 0.4) is 0 Å². The lowest BCUT2D eigenvalue weighted by atomic mass is 10.0. The Kier molecular flexibility index (Phi) is 9.40. The van der Waals surface area contributed by atoms with Crippen molar-refractivity contribution in [3.8, 4) is 0 Å². The molecule has 1 heterocycles. The molecule has 21 heavy (non-hydrogen) atoms. The predicted octanol–water partition coefficient (Wildman–Crippen LogP) is 4.53. The average Bonchev–Trinajstić information content (AvgIpc) is 2.70. The van der Waals surface area contributed by atoms with Gasteiger partial charge >= 0.3 is 5.97 Å². The first kappa shape index (κ1) is 18.2. The van der Waals surface area contributed by atoms with Crippen molar-refractivity contribution in [1.82, 2.24) is 0 Å². The summed E-state index contributed by atoms with van der Waals surface area (Å²) in [4.78, 5) is 11.5. The summed E-state index contributed by atoms with van der Waals surface area (Å²) in [7, 11) is 0. The first-order chi connectivity index (χ1) is 10.2. The standard InChI is InChI=1S/C18H32O3/c1-3-4-5-6-7-8-9-10-11-12-13-14-16-17(19)15(2)21-18(16)20/h14-15,17,19H,3-13H2,1-2H3/b16-14+/t15-,17+/m0/s1. The summed E-state index contributed by atoms with van der Waals surface area (Å²) >= 11 is 0. The van der Waals surface area contributed by atoms with Crippen molar-refractivity contribution >= 4 is 5.97 Å². The Labute approximate surface area is 129 Å². The topological polar surface area (TPSA) is 46.5 Å². The first-order valence-corrected chi connectivity index (χ1v) is 8.76. The minimum Gasteiger partial charge on any atom is -0.456 e. The predicted molar refractivity (Wildman–Crippen MR) is 86.1 cm³/mol. The van der Waals surface area contributed by atoms with Gasteiger partial charge in [0.2, 0.25) is 0 Å². The fourth-order valence-corrected chi connectivity index (χ4v) is 2.77. The van der Waals surface area contributed by atoms with Crippen LogP contribution in [0.5, 0.6) is 0 Å². The minimum atomic E-state index is -0.736. The molecule has 0 amide bonds. The van der Waals surface area contributed by atoms with E-state index in [0.717, 1.165) is 12.8 Å². The summed E-state index contributed by atoms with van der Waals surface area (Å²) in [5.41, 5.74) is 0.457. The van der Waals surface area contributed by atoms with E-state index in [4.69, 9.17) is 4.74 Å². The van der Waals surface area contributed by atoms with Crippen LogP contribution < -0.4 is 0 Å². The third-order valence-electron chi connectivity index (χ3n) is 4.21. The second kappa shape index (κ2) is 10.8. The van der Waals surface area contributed by atoms with Crippen LogP contribution in [0.15, 0.2) is 11.6 Å². The molecule has 0 aromatic carbocycles. The molecule has 1 fully saturated rings. The Hall–Kier alpha value is -0.830. The summed E-state index contributed by atoms with van der Waals surface area (Å²) in [5, 5.41) is 9.78. The molecule has 1 aliphatic rings. The van der Waals surface area contributed by atoms with E-state index in [1.54, 1.807) is 6.92 Å². The Morgan fingerprint density at radius 3 is 2.00 bits per heavy atom. The molecule has 1 saturated heterocycles. The highest BCUT2D eigenvalue weighted by Crippen LogP contribution is 2.22. The zero-order chi connectivity index (χ0) is 15.5. The van der Waals surface area contributed by atoms with Crippen LogP contribution in [-0.4, -0.2) is 23.3 Å². The Morgan fingerprint density at radius 1 is 1.00 bits per heavy atom. The highest BCUT2D eigenvalue weighted by Gasteiger charge is 2.34. The van der Waals surface area contributed by atoms with Gasteiger partial charge in [-0.3, -0.25) is 0 Å². The number of esters is 1. The van der Waals surface area contributed by atoms with Crippen LogP contribution in [-0.2, 0) is 9.53 Å². The van der Waals surface area contributed by atoms with Crippen LogP contribution >= 0.6 is 0 Å². The normalized spacial score (nSPS) is 23.8. The van der Waals surface area contributed by atoms with Crippen LogP contribution in [0, 0.1) is 0 Å². The lowest BCUT2D eigenvalue weighted by molar-refractivity contribution is -0.138. The van der Waals surface area contributed by atoms with Gasteiger partial charge in [-0.25, -0.2) is 4.79 Å². The third kappa shape index (κ3) is 7.12. The van der Waals surface area contributed by atoms with Crippen molar-refractivity contribution in [3.05, 3.63) is 11.6 Å². The van der Waals surface area contributed by atoms with Gasteiger partial charge in [-0.1, -0.05) is 70.8 Å². The SMILES string of the molecule is CCCCCCCCCCCC/C=C1/C(=O)O[C@@H](C)[C@H]1O. The largest absolute Gasteiger partial charge is 0.456 e. The molecule has 0 bridgehead atoms. The van der Waals surface area contributed by atoms with Crippen molar-refractivity contribution in [1.29, 1.82) is 0 Å². The number of hydrogen-bond acceptors (Lipinski definition) is 3. The molecule has 122 valence electrons. The summed E-state index contributed by atoms with van der Waals surface area (Å²) in [6.45, 7) is 3.98. The molecule has 0 aromatic rings. The van der Waals surface area contributed by atoms with Gasteiger partial charge in [0.1, 0.15) is 12.2 Å². The maximum atomic E-state index is 11.5. The van der Waals surface area contributed by atoms with Crippen molar-refractivity contribution in [3.63, 3.8) is 0 Å². The molecule has 0 unspecified atom stereocenters. The number of aliphatic hydroxyl groups is 1. The maximum absolute atomic E-state index is 11.5. The lowest BCUT2D eigenvalue weighted by Gasteiger charge is -2.04. The number of unbranched alkanes of at least 4 members (excludes halogenated alkanes) is 10. The maximum Gasteiger partial charge on any atom is 0.336 e. The second-order valence-electron chi connectivity index (χ2n) is 6.19. The molecule has 1 N–H and O–H groups in total. The molecule has 2 atom stereocenters. The lowest BCUT2D eigenvalue weighted by Crippen LogP contribution is -2.17. The zero-order valence-corrected chi connectivity index (χ0v) is 13.8. The molecule has 0 saturated carbocycles. The molecular weight excluding hydrogens is 264 g/mol. The van der Waals surface area contributed by atoms with E-state index in [2.05, 4.69) is 6.92 Å². The smallest absolute Gasteiger partial charge is 0.336 e. The summed E-state index contributed by atoms with van der Waals surface area (Å²) < 4.78 is 4.98. The number of allylic oxidation sites excluding steroid dienone is 1. The Bertz CT molecular complexity index is 322. The number of aliphatic hydroxyl groups excluding tert-OH is 1. The number of cyclic esters (lactones) is 1. The number of rotatable bonds is 11. The van der Waals surface area contributed by atoms with Gasteiger partial charge < -0.3 is 9.84 Å². The van der Waals surface area contributed by atoms with E-state index in [1.165, 1.54) is 57.8 Å². The molecule has 0 spiro atoms. The zero-order valence-electron chi connectivity index (χ0n) is 13.8. The molecule has 0 aliphatic carbocycles. The van der Waals surface area contributed by atoms with E-state index < -0.39 is 12.2 Å². The summed E-state index contributed by atoms with van der Waals surface area (Å²) in [6.07, 6.45) is 14.7. The fourth-order valence-electron chi connectivity index (χ4n) is 2.77. The summed E-state index contributed by atoms with van der Waals surface area (Å²) in [5.74, 6) is -0.345. The van der Waals surface area contributed by atoms with Gasteiger partial charge in [0.25, 0.3) is 0 Å². The van der Waals surface area contributed by atoms with E-state index in [-0.39, 0.29) is 5.97 Å². The molecule has 3 heteroatoms. The van der Waals surface area contributed by atoms with Crippen molar-refractivity contribution in [2.75, 3.05) is 0 Å². The van der Waals surface area contributed by atoms with Crippen molar-refractivity contribution < 1.29 is 14.6 Å². The fraction of sp³-hybridized carbons (Fsp3) is 0.833. The van der Waals surface area contributed by atoms with Gasteiger partial charge in [-0.15, -0.1) is 0 Å². The quantitative estimate of drug-likeness (QED) is 0.346. The van der Waals surface area contributed by atoms with Gasteiger partial charge in [0.05, 0.1) is 5.57 Å². The Balaban J connectivity index is 1.96. The monoisotopic (exact) mass is 296 g/mol. The van der Waals surface area contributed by atoms with Gasteiger partial charge in [0.15, 0.2) is 0 Å². The van der Waals surface area contributed by atoms with E-state index >= 15 is 0 Å². The molecule has 0 radical (unpaired) electrons. The van der Waals surface area contributed by atoms with E-state index in [9.17, 15) is 9.90 Å². The van der Waals surface area contributed by atoms with Crippen LogP contribution in [0.25, 0.3) is 0 Å². The molecular formula is C18H32O3. The van der Waals surface area contributed by atoms with Gasteiger partial charge in [-0.2, -0.15) is 0 Å². The van der Waals surface area contributed by atoms with Crippen molar-refractivity contribution in [2.24, 2.45) is 0 Å². The highest BCUT2D eigenvalue weighted by atomic mass is 16.6. The molecule has 1 rings (SSSR count). The third-order valence-corrected chi connectivity index (χ3v) is 4.21. The van der Waals surface area contributed by atoms with Crippen LogP contribution in [0.2, 0.25) is 0 Å². The number of ether oxygens (including phenoxy) is 1. The molecule has 0 aromatic heterocycles. The van der Waals surface area contributed by atoms with E-state index in [0.29, 0.717) is 5.57 Å². The number of carbonyl (C=O) groups is 1. The molecule has 1 aliphatic heterocycles. The Morgan fingerprint density at radius 2 is 1.52 bits per heavy atom. The molecule has 3 nitrogen and oxygen atoms in total. The minimum absolute atomic E-state index is 0.345. The van der Waals surface area contributed by atoms with E-state index in [1.807, 2.05) is 6.08 Å². The number of carbonyl (C=O) groups excluding carboxylic acids is 1. The second-order valence-corrected chi connectivity index (χ2v) is 6.19. The average molecular weight is 296 g/mol. The van der Waals surface area contributed by atoms with Crippen LogP contribution in [0.4, 0.5) is 0 Å². The first-order valence-electron chi connectivity index (χ1n) is 8.76. The van der Waals surface area contributed by atoms with Crippen molar-refractivity contribution in [2.45, 2.75) is 96.7 Å². The van der Waals surface area contributed by atoms with Gasteiger partial charge in [0, 0.05) is 0 Å². The van der Waals surface area contributed by atoms with Crippen LogP contribution in [0.1, 0.15) is 84.5 Å². The summed E-state index contributed by atoms with van der Waals surface area (Å²) in [6, 6.07) is 0. The highest BCUT2D eigenvalue weighted by molar-refractivity contribution is 5.92.